The van der Waals surface area contributed by atoms with Gasteiger partial charge in [0.1, 0.15) is 0 Å². The molecule has 0 amide bonds. The van der Waals surface area contributed by atoms with E-state index in [1.54, 1.807) is 6.07 Å². The van der Waals surface area contributed by atoms with Crippen molar-refractivity contribution in [2.24, 2.45) is 0 Å². The van der Waals surface area contributed by atoms with Crippen LogP contribution in [0.4, 0.5) is 0 Å². The van der Waals surface area contributed by atoms with Crippen molar-refractivity contribution in [2.75, 3.05) is 11.5 Å². The van der Waals surface area contributed by atoms with Crippen molar-refractivity contribution in [3.05, 3.63) is 17.5 Å². The summed E-state index contributed by atoms with van der Waals surface area (Å²) in [4.78, 5) is 0. The van der Waals surface area contributed by atoms with Gasteiger partial charge in [0.2, 0.25) is 0 Å². The van der Waals surface area contributed by atoms with Gasteiger partial charge in [-0.1, -0.05) is 0 Å². The fourth-order valence-corrected chi connectivity index (χ4v) is 3.65. The van der Waals surface area contributed by atoms with Crippen LogP contribution < -0.4 is 0 Å². The average Bonchev–Trinajstić information content (AvgIpc) is 2.64. The van der Waals surface area contributed by atoms with E-state index in [4.69, 9.17) is 5.11 Å². The topological polar surface area (TPSA) is 83.0 Å². The molecule has 2 rings (SSSR count). The number of sulfone groups is 1. The van der Waals surface area contributed by atoms with E-state index < -0.39 is 9.84 Å². The second-order valence-corrected chi connectivity index (χ2v) is 6.16. The van der Waals surface area contributed by atoms with Gasteiger partial charge in [0, 0.05) is 5.92 Å². The Hall–Kier alpha value is -0.880. The molecule has 1 atom stereocenters. The van der Waals surface area contributed by atoms with Crippen LogP contribution in [0.3, 0.4) is 0 Å². The third kappa shape index (κ3) is 2.38. The van der Waals surface area contributed by atoms with Crippen molar-refractivity contribution >= 4 is 9.84 Å². The monoisotopic (exact) mass is 230 g/mol. The summed E-state index contributed by atoms with van der Waals surface area (Å²) < 4.78 is 22.8. The molecule has 1 aromatic heterocycles. The summed E-state index contributed by atoms with van der Waals surface area (Å²) in [6.07, 6.45) is 1.56. The Labute approximate surface area is 88.4 Å². The molecule has 1 saturated heterocycles. The quantitative estimate of drug-likeness (QED) is 0.760. The Bertz CT molecular complexity index is 438. The summed E-state index contributed by atoms with van der Waals surface area (Å²) in [7, 11) is -2.89. The summed E-state index contributed by atoms with van der Waals surface area (Å²) in [6.45, 7) is -0.0908. The minimum absolute atomic E-state index is 0.0136. The molecular formula is C9H14N2O3S. The molecule has 2 heterocycles. The highest BCUT2D eigenvalue weighted by atomic mass is 32.2. The lowest BCUT2D eigenvalue weighted by molar-refractivity contribution is 0.276. The molecule has 1 aliphatic heterocycles. The van der Waals surface area contributed by atoms with Gasteiger partial charge in [0.25, 0.3) is 0 Å². The van der Waals surface area contributed by atoms with E-state index in [2.05, 4.69) is 10.2 Å². The highest BCUT2D eigenvalue weighted by Gasteiger charge is 2.27. The van der Waals surface area contributed by atoms with E-state index in [1.807, 2.05) is 0 Å². The summed E-state index contributed by atoms with van der Waals surface area (Å²) in [5, 5.41) is 15.6. The highest BCUT2D eigenvalue weighted by molar-refractivity contribution is 7.91. The summed E-state index contributed by atoms with van der Waals surface area (Å²) in [5.41, 5.74) is 1.38. The summed E-state index contributed by atoms with van der Waals surface area (Å²) in [6, 6.07) is 1.74. The maximum absolute atomic E-state index is 11.4. The molecule has 0 bridgehead atoms. The maximum atomic E-state index is 11.4. The predicted octanol–water partition coefficient (Wildman–Crippen LogP) is 0.194. The molecule has 2 N–H and O–H groups in total. The lowest BCUT2D eigenvalue weighted by Crippen LogP contribution is -2.23. The van der Waals surface area contributed by atoms with Gasteiger partial charge < -0.3 is 5.11 Å². The van der Waals surface area contributed by atoms with Crippen LogP contribution >= 0.6 is 0 Å². The number of aliphatic hydroxyl groups excluding tert-OH is 1. The summed E-state index contributed by atoms with van der Waals surface area (Å²) >= 11 is 0. The second-order valence-electron chi connectivity index (χ2n) is 3.93. The van der Waals surface area contributed by atoms with Gasteiger partial charge in [-0.2, -0.15) is 5.10 Å². The Morgan fingerprint density at radius 3 is 3.00 bits per heavy atom. The van der Waals surface area contributed by atoms with Crippen molar-refractivity contribution in [3.63, 3.8) is 0 Å². The fraction of sp³-hybridized carbons (Fsp3) is 0.667. The van der Waals surface area contributed by atoms with Gasteiger partial charge in [-0.05, 0) is 18.9 Å². The number of nitrogens with zero attached hydrogens (tertiary/aromatic N) is 1. The molecule has 0 aliphatic carbocycles. The van der Waals surface area contributed by atoms with E-state index in [-0.39, 0.29) is 18.3 Å². The Balaban J connectivity index is 2.17. The van der Waals surface area contributed by atoms with Crippen molar-refractivity contribution in [3.8, 4) is 0 Å². The zero-order valence-electron chi connectivity index (χ0n) is 8.31. The largest absolute Gasteiger partial charge is 0.390 e. The third-order valence-electron chi connectivity index (χ3n) is 2.70. The van der Waals surface area contributed by atoms with Crippen LogP contribution in [0, 0.1) is 0 Å². The molecule has 0 saturated carbocycles. The number of hydrogen-bond acceptors (Lipinski definition) is 4. The van der Waals surface area contributed by atoms with Crippen molar-refractivity contribution < 1.29 is 13.5 Å². The van der Waals surface area contributed by atoms with E-state index in [0.717, 1.165) is 12.1 Å². The predicted molar refractivity (Wildman–Crippen MR) is 55.1 cm³/mol. The van der Waals surface area contributed by atoms with Gasteiger partial charge in [0.05, 0.1) is 29.5 Å². The fourth-order valence-electron chi connectivity index (χ4n) is 1.93. The normalized spacial score (nSPS) is 25.3. The molecule has 0 aromatic carbocycles. The molecule has 1 aromatic rings. The van der Waals surface area contributed by atoms with Crippen LogP contribution in [-0.4, -0.2) is 35.2 Å². The molecule has 0 radical (unpaired) electrons. The molecule has 15 heavy (non-hydrogen) atoms. The Kier molecular flexibility index (Phi) is 2.79. The molecule has 1 fully saturated rings. The average molecular weight is 230 g/mol. The second kappa shape index (κ2) is 3.94. The Morgan fingerprint density at radius 1 is 1.60 bits per heavy atom. The van der Waals surface area contributed by atoms with E-state index >= 15 is 0 Å². The van der Waals surface area contributed by atoms with Gasteiger partial charge >= 0.3 is 0 Å². The lowest BCUT2D eigenvalue weighted by Gasteiger charge is -2.19. The number of aliphatic hydroxyl groups is 1. The number of rotatable bonds is 2. The highest BCUT2D eigenvalue weighted by Crippen LogP contribution is 2.27. The molecular weight excluding hydrogens is 216 g/mol. The zero-order chi connectivity index (χ0) is 10.9. The number of H-pyrrole nitrogens is 1. The van der Waals surface area contributed by atoms with Crippen LogP contribution in [0.2, 0.25) is 0 Å². The first kappa shape index (κ1) is 10.6. The first-order valence-electron chi connectivity index (χ1n) is 4.96. The smallest absolute Gasteiger partial charge is 0.150 e. The van der Waals surface area contributed by atoms with Gasteiger partial charge in [-0.3, -0.25) is 5.10 Å². The van der Waals surface area contributed by atoms with E-state index in [0.29, 0.717) is 17.9 Å². The van der Waals surface area contributed by atoms with Gasteiger partial charge in [0.15, 0.2) is 9.84 Å². The number of aromatic amines is 1. The van der Waals surface area contributed by atoms with Crippen molar-refractivity contribution in [2.45, 2.75) is 25.4 Å². The van der Waals surface area contributed by atoms with Crippen LogP contribution in [0.15, 0.2) is 6.07 Å². The number of aromatic nitrogens is 2. The summed E-state index contributed by atoms with van der Waals surface area (Å²) in [5.74, 6) is 0.462. The maximum Gasteiger partial charge on any atom is 0.150 e. The molecule has 1 unspecified atom stereocenters. The van der Waals surface area contributed by atoms with E-state index in [9.17, 15) is 8.42 Å². The molecule has 5 nitrogen and oxygen atoms in total. The minimum Gasteiger partial charge on any atom is -0.390 e. The molecule has 1 aliphatic rings. The number of hydrogen-bond donors (Lipinski definition) is 2. The minimum atomic E-state index is -2.89. The molecule has 84 valence electrons. The lowest BCUT2D eigenvalue weighted by atomic mass is 10.0. The van der Waals surface area contributed by atoms with Gasteiger partial charge in [-0.25, -0.2) is 8.42 Å². The first-order valence-corrected chi connectivity index (χ1v) is 6.78. The zero-order valence-corrected chi connectivity index (χ0v) is 9.13. The standard InChI is InChI=1S/C9H14N2O3S/c12-5-8-4-9(11-10-8)7-2-1-3-15(13,14)6-7/h4,7,12H,1-3,5-6H2,(H,10,11). The van der Waals surface area contributed by atoms with Crippen LogP contribution in [0.1, 0.15) is 30.1 Å². The molecule has 0 spiro atoms. The van der Waals surface area contributed by atoms with Crippen molar-refractivity contribution in [1.29, 1.82) is 0 Å². The van der Waals surface area contributed by atoms with Crippen LogP contribution in [0.25, 0.3) is 0 Å². The third-order valence-corrected chi connectivity index (χ3v) is 4.52. The first-order chi connectivity index (χ1) is 7.11. The van der Waals surface area contributed by atoms with E-state index in [1.165, 1.54) is 0 Å². The van der Waals surface area contributed by atoms with Gasteiger partial charge in [-0.15, -0.1) is 0 Å². The SMILES string of the molecule is O=S1(=O)CCCC(c2cc(CO)[nH]n2)C1. The van der Waals surface area contributed by atoms with Crippen molar-refractivity contribution in [1.82, 2.24) is 10.2 Å². The van der Waals surface area contributed by atoms with Crippen LogP contribution in [-0.2, 0) is 16.4 Å². The Morgan fingerprint density at radius 2 is 2.40 bits per heavy atom. The van der Waals surface area contributed by atoms with Crippen LogP contribution in [0.5, 0.6) is 0 Å². The molecule has 6 heteroatoms. The number of nitrogens with one attached hydrogen (secondary N) is 1.